The second kappa shape index (κ2) is 5.42. The first-order valence-electron chi connectivity index (χ1n) is 6.67. The molecule has 0 saturated heterocycles. The number of amides is 1. The van der Waals surface area contributed by atoms with Crippen LogP contribution in [-0.4, -0.2) is 15.3 Å². The van der Waals surface area contributed by atoms with Gasteiger partial charge < -0.3 is 5.32 Å². The molecule has 6 heteroatoms. The van der Waals surface area contributed by atoms with Crippen molar-refractivity contribution in [1.29, 1.82) is 0 Å². The molecule has 0 spiro atoms. The van der Waals surface area contributed by atoms with Gasteiger partial charge in [0.15, 0.2) is 0 Å². The van der Waals surface area contributed by atoms with E-state index in [4.69, 9.17) is 11.6 Å². The molecule has 1 N–H and O–H groups in total. The highest BCUT2D eigenvalue weighted by Crippen LogP contribution is 2.21. The lowest BCUT2D eigenvalue weighted by Gasteiger charge is -2.07. The van der Waals surface area contributed by atoms with E-state index < -0.39 is 5.82 Å². The third kappa shape index (κ3) is 2.55. The van der Waals surface area contributed by atoms with Crippen molar-refractivity contribution in [3.63, 3.8) is 0 Å². The summed E-state index contributed by atoms with van der Waals surface area (Å²) in [4.78, 5) is 16.9. The van der Waals surface area contributed by atoms with Crippen LogP contribution in [0.5, 0.6) is 0 Å². The molecule has 22 heavy (non-hydrogen) atoms. The van der Waals surface area contributed by atoms with Crippen LogP contribution in [0.1, 0.15) is 21.7 Å². The Morgan fingerprint density at radius 1 is 1.27 bits per heavy atom. The predicted molar refractivity (Wildman–Crippen MR) is 84.0 cm³/mol. The summed E-state index contributed by atoms with van der Waals surface area (Å²) in [5.41, 5.74) is 3.26. The molecule has 2 aromatic heterocycles. The van der Waals surface area contributed by atoms with Crippen LogP contribution in [0.3, 0.4) is 0 Å². The number of anilines is 1. The van der Waals surface area contributed by atoms with Gasteiger partial charge in [0.05, 0.1) is 10.7 Å². The Kier molecular flexibility index (Phi) is 3.58. The average molecular weight is 318 g/mol. The number of pyridine rings is 1. The molecule has 3 rings (SSSR count). The molecule has 0 aliphatic heterocycles. The lowest BCUT2D eigenvalue weighted by atomic mass is 10.2. The maximum atomic E-state index is 13.2. The SMILES string of the molecule is Cc1ccn2c(C(=O)Nc3ccc(F)c(Cl)c3)c(C)nc2c1. The van der Waals surface area contributed by atoms with Gasteiger partial charge in [0.2, 0.25) is 0 Å². The Morgan fingerprint density at radius 2 is 2.05 bits per heavy atom. The number of carbonyl (C=O) groups excluding carboxylic acids is 1. The zero-order valence-electron chi connectivity index (χ0n) is 12.0. The molecule has 0 aliphatic rings. The molecular weight excluding hydrogens is 305 g/mol. The maximum Gasteiger partial charge on any atom is 0.274 e. The third-order valence-corrected chi connectivity index (χ3v) is 3.64. The van der Waals surface area contributed by atoms with Crippen LogP contribution in [0.4, 0.5) is 10.1 Å². The fourth-order valence-electron chi connectivity index (χ4n) is 2.30. The van der Waals surface area contributed by atoms with Crippen molar-refractivity contribution in [2.24, 2.45) is 0 Å². The molecule has 2 heterocycles. The molecule has 112 valence electrons. The van der Waals surface area contributed by atoms with Gasteiger partial charge in [0.1, 0.15) is 17.2 Å². The highest BCUT2D eigenvalue weighted by molar-refractivity contribution is 6.31. The van der Waals surface area contributed by atoms with Crippen LogP contribution in [0.2, 0.25) is 5.02 Å². The van der Waals surface area contributed by atoms with E-state index in [-0.39, 0.29) is 10.9 Å². The minimum atomic E-state index is -0.527. The molecule has 0 unspecified atom stereocenters. The average Bonchev–Trinajstić information content (AvgIpc) is 2.78. The van der Waals surface area contributed by atoms with E-state index in [9.17, 15) is 9.18 Å². The van der Waals surface area contributed by atoms with Gasteiger partial charge in [-0.2, -0.15) is 0 Å². The van der Waals surface area contributed by atoms with Gasteiger partial charge in [-0.3, -0.25) is 9.20 Å². The maximum absolute atomic E-state index is 13.2. The van der Waals surface area contributed by atoms with Crippen molar-refractivity contribution in [2.75, 3.05) is 5.32 Å². The van der Waals surface area contributed by atoms with Crippen molar-refractivity contribution in [1.82, 2.24) is 9.38 Å². The number of benzene rings is 1. The van der Waals surface area contributed by atoms with Crippen molar-refractivity contribution >= 4 is 28.8 Å². The van der Waals surface area contributed by atoms with Gasteiger partial charge in [-0.25, -0.2) is 9.37 Å². The molecule has 0 aliphatic carbocycles. The van der Waals surface area contributed by atoms with E-state index in [2.05, 4.69) is 10.3 Å². The molecule has 0 atom stereocenters. The van der Waals surface area contributed by atoms with Crippen LogP contribution < -0.4 is 5.32 Å². The lowest BCUT2D eigenvalue weighted by Crippen LogP contribution is -2.15. The molecule has 0 bridgehead atoms. The number of imidazole rings is 1. The fourth-order valence-corrected chi connectivity index (χ4v) is 2.48. The van der Waals surface area contributed by atoms with Crippen molar-refractivity contribution in [3.8, 4) is 0 Å². The van der Waals surface area contributed by atoms with Crippen LogP contribution in [-0.2, 0) is 0 Å². The van der Waals surface area contributed by atoms with Crippen LogP contribution in [0.15, 0.2) is 36.5 Å². The highest BCUT2D eigenvalue weighted by Gasteiger charge is 2.17. The number of aromatic nitrogens is 2. The standard InChI is InChI=1S/C16H13ClFN3O/c1-9-5-6-21-14(7-9)19-10(2)15(21)16(22)20-11-3-4-13(18)12(17)8-11/h3-8H,1-2H3,(H,20,22). The molecule has 0 saturated carbocycles. The number of carbonyl (C=O) groups is 1. The zero-order valence-corrected chi connectivity index (χ0v) is 12.8. The van der Waals surface area contributed by atoms with Gasteiger partial charge in [0, 0.05) is 11.9 Å². The number of aryl methyl sites for hydroxylation is 2. The highest BCUT2D eigenvalue weighted by atomic mass is 35.5. The van der Waals surface area contributed by atoms with Crippen molar-refractivity contribution in [3.05, 3.63) is 64.3 Å². The largest absolute Gasteiger partial charge is 0.321 e. The second-order valence-electron chi connectivity index (χ2n) is 5.06. The molecule has 1 aromatic carbocycles. The van der Waals surface area contributed by atoms with Gasteiger partial charge >= 0.3 is 0 Å². The van der Waals surface area contributed by atoms with Gasteiger partial charge in [0.25, 0.3) is 5.91 Å². The van der Waals surface area contributed by atoms with Crippen LogP contribution in [0.25, 0.3) is 5.65 Å². The molecular formula is C16H13ClFN3O. The van der Waals surface area contributed by atoms with E-state index in [1.54, 1.807) is 17.5 Å². The number of fused-ring (bicyclic) bond motifs is 1. The third-order valence-electron chi connectivity index (χ3n) is 3.35. The van der Waals surface area contributed by atoms with Crippen molar-refractivity contribution in [2.45, 2.75) is 13.8 Å². The normalized spacial score (nSPS) is 10.9. The van der Waals surface area contributed by atoms with E-state index >= 15 is 0 Å². The number of nitrogens with zero attached hydrogens (tertiary/aromatic N) is 2. The summed E-state index contributed by atoms with van der Waals surface area (Å²) in [6.45, 7) is 3.74. The van der Waals surface area contributed by atoms with Crippen molar-refractivity contribution < 1.29 is 9.18 Å². The van der Waals surface area contributed by atoms with E-state index in [0.717, 1.165) is 5.56 Å². The van der Waals surface area contributed by atoms with Crippen LogP contribution in [0, 0.1) is 19.7 Å². The van der Waals surface area contributed by atoms with Crippen LogP contribution >= 0.6 is 11.6 Å². The molecule has 0 radical (unpaired) electrons. The fraction of sp³-hybridized carbons (Fsp3) is 0.125. The molecule has 4 nitrogen and oxygen atoms in total. The first-order valence-corrected chi connectivity index (χ1v) is 7.05. The number of nitrogens with one attached hydrogen (secondary N) is 1. The van der Waals surface area contributed by atoms with E-state index in [1.165, 1.54) is 18.2 Å². The Balaban J connectivity index is 1.98. The first-order chi connectivity index (χ1) is 10.5. The van der Waals surface area contributed by atoms with Gasteiger partial charge in [-0.1, -0.05) is 11.6 Å². The molecule has 0 fully saturated rings. The van der Waals surface area contributed by atoms with E-state index in [0.29, 0.717) is 22.7 Å². The summed E-state index contributed by atoms with van der Waals surface area (Å²) < 4.78 is 14.9. The minimum Gasteiger partial charge on any atom is -0.321 e. The number of hydrogen-bond donors (Lipinski definition) is 1. The lowest BCUT2D eigenvalue weighted by molar-refractivity contribution is 0.102. The topological polar surface area (TPSA) is 46.4 Å². The molecule has 1 amide bonds. The number of hydrogen-bond acceptors (Lipinski definition) is 2. The number of rotatable bonds is 2. The van der Waals surface area contributed by atoms with Gasteiger partial charge in [-0.05, 0) is 49.7 Å². The Labute approximate surface area is 131 Å². The van der Waals surface area contributed by atoms with E-state index in [1.807, 2.05) is 19.1 Å². The first kappa shape index (κ1) is 14.5. The summed E-state index contributed by atoms with van der Waals surface area (Å²) in [5.74, 6) is -0.849. The number of halogens is 2. The Morgan fingerprint density at radius 3 is 2.77 bits per heavy atom. The minimum absolute atomic E-state index is 0.0386. The summed E-state index contributed by atoms with van der Waals surface area (Å²) in [7, 11) is 0. The summed E-state index contributed by atoms with van der Waals surface area (Å²) >= 11 is 5.72. The summed E-state index contributed by atoms with van der Waals surface area (Å²) in [5, 5.41) is 2.67. The summed E-state index contributed by atoms with van der Waals surface area (Å²) in [6.07, 6.45) is 1.80. The predicted octanol–water partition coefficient (Wildman–Crippen LogP) is 4.00. The Hall–Kier alpha value is -2.40. The molecule has 3 aromatic rings. The Bertz CT molecular complexity index is 888. The summed E-state index contributed by atoms with van der Waals surface area (Å²) in [6, 6.07) is 7.85. The smallest absolute Gasteiger partial charge is 0.274 e. The zero-order chi connectivity index (χ0) is 15.9. The second-order valence-corrected chi connectivity index (χ2v) is 5.47. The monoisotopic (exact) mass is 317 g/mol. The quantitative estimate of drug-likeness (QED) is 0.776. The van der Waals surface area contributed by atoms with Gasteiger partial charge in [-0.15, -0.1) is 0 Å².